The number of carbonyl (C=O) groups is 2. The molecule has 334 valence electrons. The summed E-state index contributed by atoms with van der Waals surface area (Å²) >= 11 is 0. The molecule has 16 heteroatoms. The molecule has 0 spiro atoms. The maximum Gasteiger partial charge on any atom is 0.262 e. The Balaban J connectivity index is 0.000000183. The largest absolute Gasteiger partial charge is 0.483 e. The minimum atomic E-state index is -0.391. The first-order valence-corrected chi connectivity index (χ1v) is 21.3. The van der Waals surface area contributed by atoms with Crippen LogP contribution in [0.5, 0.6) is 11.5 Å². The summed E-state index contributed by atoms with van der Waals surface area (Å²) < 4.78 is 41.7. The molecule has 2 fully saturated rings. The Bertz CT molecular complexity index is 2450. The highest BCUT2D eigenvalue weighted by atomic mass is 35.5. The van der Waals surface area contributed by atoms with Gasteiger partial charge in [-0.05, 0) is 136 Å². The SMILES string of the molecule is C[C@@H]1CN(C)CC[C@@H]1c1cc2c(cc1-c1ccccc1F)OCC1=NNC(=O)[C@@H](C)N12.C[C@@H]1CNCC[C@@H]1c1cc2c(cc1-c1ccccc1F)OCC1=NNC(=O)[C@@H](C)N12.Cl.Cl. The lowest BCUT2D eigenvalue weighted by molar-refractivity contribution is -0.123. The van der Waals surface area contributed by atoms with Crippen molar-refractivity contribution in [3.05, 3.63) is 95.6 Å². The van der Waals surface area contributed by atoms with Crippen molar-refractivity contribution in [3.63, 3.8) is 0 Å². The number of halogens is 4. The molecule has 6 aliphatic heterocycles. The van der Waals surface area contributed by atoms with Crippen LogP contribution in [-0.2, 0) is 9.59 Å². The Morgan fingerprint density at radius 1 is 0.651 bits per heavy atom. The van der Waals surface area contributed by atoms with Crippen molar-refractivity contribution in [2.45, 2.75) is 64.5 Å². The number of amides is 2. The van der Waals surface area contributed by atoms with Crippen LogP contribution in [0.25, 0.3) is 22.3 Å². The lowest BCUT2D eigenvalue weighted by Gasteiger charge is -2.40. The fourth-order valence-electron chi connectivity index (χ4n) is 9.91. The Labute approximate surface area is 379 Å². The van der Waals surface area contributed by atoms with Crippen LogP contribution in [0, 0.1) is 23.5 Å². The summed E-state index contributed by atoms with van der Waals surface area (Å²) in [4.78, 5) is 30.8. The van der Waals surface area contributed by atoms with Gasteiger partial charge in [0, 0.05) is 17.7 Å². The minimum absolute atomic E-state index is 0. The van der Waals surface area contributed by atoms with Crippen LogP contribution < -0.4 is 35.4 Å². The zero-order valence-corrected chi connectivity index (χ0v) is 37.6. The highest BCUT2D eigenvalue weighted by Crippen LogP contribution is 2.48. The van der Waals surface area contributed by atoms with Crippen molar-refractivity contribution in [2.75, 3.05) is 56.2 Å². The molecule has 4 aromatic carbocycles. The van der Waals surface area contributed by atoms with Gasteiger partial charge < -0.3 is 29.5 Å². The van der Waals surface area contributed by atoms with E-state index in [2.05, 4.69) is 64.3 Å². The Kier molecular flexibility index (Phi) is 13.7. The molecule has 6 heterocycles. The van der Waals surface area contributed by atoms with Gasteiger partial charge in [0.1, 0.15) is 48.4 Å². The van der Waals surface area contributed by atoms with Gasteiger partial charge in [-0.3, -0.25) is 9.59 Å². The van der Waals surface area contributed by atoms with E-state index in [1.165, 1.54) is 12.1 Å². The standard InChI is InChI=1S/C24H27FN4O2.C23H25FN4O2.2ClH/c1-14-12-28(3)9-8-16(14)18-10-21-22(11-19(18)17-6-4-5-7-20(17)25)31-13-23-26-27-24(30)15(2)29(21)23;1-13-11-25-8-7-15(13)17-9-20-21(10-18(17)16-5-3-4-6-19(16)24)30-12-22-26-27-23(29)14(2)28(20)22;;/h4-7,10-11,14-16H,8-9,12-13H2,1-3H3,(H,27,30);3-6,9-10,13-15,25H,7-8,11-12H2,1-2H3,(H,27,29);2*1H/t14-,15-,16+;13-,14-,15+;;/m11../s1. The third-order valence-electron chi connectivity index (χ3n) is 13.2. The van der Waals surface area contributed by atoms with E-state index < -0.39 is 12.1 Å². The number of hydrogen-bond donors (Lipinski definition) is 3. The second-order valence-electron chi connectivity index (χ2n) is 17.2. The van der Waals surface area contributed by atoms with E-state index in [0.717, 1.165) is 72.6 Å². The molecule has 2 saturated heterocycles. The van der Waals surface area contributed by atoms with Gasteiger partial charge in [0.15, 0.2) is 11.7 Å². The van der Waals surface area contributed by atoms with E-state index in [9.17, 15) is 18.4 Å². The van der Waals surface area contributed by atoms with Gasteiger partial charge in [-0.15, -0.1) is 24.8 Å². The molecule has 0 aromatic heterocycles. The number of ether oxygens (including phenoxy) is 2. The van der Waals surface area contributed by atoms with E-state index in [1.807, 2.05) is 60.0 Å². The van der Waals surface area contributed by atoms with Crippen molar-refractivity contribution < 1.29 is 27.8 Å². The molecular weight excluding hydrogens is 849 g/mol. The van der Waals surface area contributed by atoms with Crippen LogP contribution >= 0.6 is 24.8 Å². The van der Waals surface area contributed by atoms with Crippen LogP contribution in [0.15, 0.2) is 83.0 Å². The number of piperidine rings is 2. The topological polar surface area (TPSA) is 123 Å². The van der Waals surface area contributed by atoms with Gasteiger partial charge in [-0.2, -0.15) is 10.2 Å². The first-order chi connectivity index (χ1) is 29.5. The van der Waals surface area contributed by atoms with Crippen LogP contribution in [0.1, 0.15) is 63.5 Å². The van der Waals surface area contributed by atoms with E-state index in [4.69, 9.17) is 9.47 Å². The van der Waals surface area contributed by atoms with Crippen molar-refractivity contribution in [1.82, 2.24) is 21.1 Å². The summed E-state index contributed by atoms with van der Waals surface area (Å²) in [6, 6.07) is 21.1. The molecule has 0 unspecified atom stereocenters. The molecule has 0 bridgehead atoms. The second-order valence-corrected chi connectivity index (χ2v) is 17.2. The minimum Gasteiger partial charge on any atom is -0.483 e. The number of carbonyl (C=O) groups excluding carboxylic acids is 2. The number of fused-ring (bicyclic) bond motifs is 6. The van der Waals surface area contributed by atoms with Crippen LogP contribution in [0.4, 0.5) is 20.2 Å². The molecule has 0 radical (unpaired) electrons. The summed E-state index contributed by atoms with van der Waals surface area (Å²) in [5, 5.41) is 11.8. The molecule has 6 aliphatic rings. The van der Waals surface area contributed by atoms with Crippen LogP contribution in [0.3, 0.4) is 0 Å². The molecule has 0 saturated carbocycles. The maximum absolute atomic E-state index is 14.9. The van der Waals surface area contributed by atoms with Crippen molar-refractivity contribution >= 4 is 59.7 Å². The number of amidine groups is 2. The predicted octanol–water partition coefficient (Wildman–Crippen LogP) is 7.66. The van der Waals surface area contributed by atoms with Gasteiger partial charge in [-0.1, -0.05) is 50.2 Å². The van der Waals surface area contributed by atoms with Crippen LogP contribution in [-0.4, -0.2) is 86.9 Å². The average molecular weight is 904 g/mol. The molecule has 4 aromatic rings. The van der Waals surface area contributed by atoms with E-state index >= 15 is 0 Å². The van der Waals surface area contributed by atoms with Crippen molar-refractivity contribution in [3.8, 4) is 33.8 Å². The number of anilines is 2. The number of likely N-dealkylation sites (tertiary alicyclic amines) is 1. The molecular formula is C47H54Cl2F2N8O4. The lowest BCUT2D eigenvalue weighted by atomic mass is 9.78. The number of nitrogens with one attached hydrogen (secondary N) is 3. The quantitative estimate of drug-likeness (QED) is 0.191. The number of benzene rings is 4. The third kappa shape index (κ3) is 8.58. The molecule has 0 aliphatic carbocycles. The van der Waals surface area contributed by atoms with E-state index in [-0.39, 0.29) is 73.3 Å². The second kappa shape index (κ2) is 18.8. The third-order valence-corrected chi connectivity index (χ3v) is 13.2. The number of hydrogen-bond acceptors (Lipinski definition) is 10. The molecule has 63 heavy (non-hydrogen) atoms. The summed E-state index contributed by atoms with van der Waals surface area (Å²) in [5.41, 5.74) is 11.9. The number of nitrogens with zero attached hydrogens (tertiary/aromatic N) is 5. The van der Waals surface area contributed by atoms with E-state index in [0.29, 0.717) is 46.1 Å². The Morgan fingerprint density at radius 2 is 1.13 bits per heavy atom. The predicted molar refractivity (Wildman–Crippen MR) is 248 cm³/mol. The average Bonchev–Trinajstić information content (AvgIpc) is 3.26. The molecule has 12 nitrogen and oxygen atoms in total. The summed E-state index contributed by atoms with van der Waals surface area (Å²) in [7, 11) is 2.14. The normalized spacial score (nSPS) is 24.9. The first-order valence-electron chi connectivity index (χ1n) is 21.3. The van der Waals surface area contributed by atoms with Gasteiger partial charge >= 0.3 is 0 Å². The fourth-order valence-corrected chi connectivity index (χ4v) is 9.91. The zero-order valence-electron chi connectivity index (χ0n) is 36.0. The fraction of sp³-hybridized carbons (Fsp3) is 0.404. The summed E-state index contributed by atoms with van der Waals surface area (Å²) in [6.45, 7) is 12.6. The van der Waals surface area contributed by atoms with Gasteiger partial charge in [0.05, 0.1) is 11.4 Å². The zero-order chi connectivity index (χ0) is 42.5. The first kappa shape index (κ1) is 45.7. The van der Waals surface area contributed by atoms with Crippen molar-refractivity contribution in [2.24, 2.45) is 22.0 Å². The number of rotatable bonds is 4. The van der Waals surface area contributed by atoms with E-state index in [1.54, 1.807) is 12.1 Å². The highest BCUT2D eigenvalue weighted by Gasteiger charge is 2.39. The van der Waals surface area contributed by atoms with Crippen LogP contribution in [0.2, 0.25) is 0 Å². The lowest BCUT2D eigenvalue weighted by Crippen LogP contribution is -2.55. The molecule has 3 N–H and O–H groups in total. The monoisotopic (exact) mass is 902 g/mol. The Hall–Kier alpha value is -5.28. The van der Waals surface area contributed by atoms with Crippen molar-refractivity contribution in [1.29, 1.82) is 0 Å². The Morgan fingerprint density at radius 3 is 1.59 bits per heavy atom. The summed E-state index contributed by atoms with van der Waals surface area (Å²) in [5.74, 6) is 3.27. The number of hydrazone groups is 2. The highest BCUT2D eigenvalue weighted by molar-refractivity contribution is 6.10. The van der Waals surface area contributed by atoms with Gasteiger partial charge in [-0.25, -0.2) is 19.6 Å². The van der Waals surface area contributed by atoms with Gasteiger partial charge in [0.25, 0.3) is 11.8 Å². The molecule has 6 atom stereocenters. The van der Waals surface area contributed by atoms with Gasteiger partial charge in [0.2, 0.25) is 0 Å². The smallest absolute Gasteiger partial charge is 0.262 e. The molecule has 10 rings (SSSR count). The summed E-state index contributed by atoms with van der Waals surface area (Å²) in [6.07, 6.45) is 1.97. The maximum atomic E-state index is 14.9. The molecule has 2 amide bonds.